The van der Waals surface area contributed by atoms with Gasteiger partial charge in [0.1, 0.15) is 92.9 Å². The van der Waals surface area contributed by atoms with Crippen LogP contribution in [0.4, 0.5) is 43.9 Å². The van der Waals surface area contributed by atoms with Crippen LogP contribution in [0.3, 0.4) is 0 Å². The van der Waals surface area contributed by atoms with Crippen molar-refractivity contribution in [3.63, 3.8) is 0 Å². The number of carboxylic acids is 2. The van der Waals surface area contributed by atoms with Crippen LogP contribution in [0.1, 0.15) is 72.9 Å². The summed E-state index contributed by atoms with van der Waals surface area (Å²) in [5.74, 6) is -19.3. The topological polar surface area (TPSA) is 415 Å². The molecule has 582 valence electrons. The van der Waals surface area contributed by atoms with Crippen LogP contribution in [-0.2, 0) is 71.5 Å². The van der Waals surface area contributed by atoms with Crippen molar-refractivity contribution in [2.24, 2.45) is 5.73 Å². The number of nitrogens with zero attached hydrogens (tertiary/aromatic N) is 1. The maximum Gasteiger partial charge on any atom is 0.348 e. The second kappa shape index (κ2) is 42.3. The minimum atomic E-state index is -1.67. The fourth-order valence-electron chi connectivity index (χ4n) is 8.55. The third kappa shape index (κ3) is 24.4. The average Bonchev–Trinajstić information content (AvgIpc) is 1.62. The summed E-state index contributed by atoms with van der Waals surface area (Å²) in [6, 6.07) is 10.5. The Labute approximate surface area is 608 Å². The number of carbonyl (C=O) groups excluding carboxylic acids is 9. The Morgan fingerprint density at radius 3 is 1.24 bits per heavy atom. The molecule has 2 atom stereocenters. The highest BCUT2D eigenvalue weighted by atomic mass is 19.2. The van der Waals surface area contributed by atoms with E-state index in [4.69, 9.17) is 25.4 Å². The molecule has 0 amide bonds. The molecule has 0 saturated heterocycles. The third-order valence-electron chi connectivity index (χ3n) is 13.6. The maximum absolute atomic E-state index is 14.2. The lowest BCUT2D eigenvalue weighted by Gasteiger charge is -2.14. The minimum Gasteiger partial charge on any atom is -0.505 e. The molecule has 0 radical (unpaired) electrons. The molecule has 39 heteroatoms. The number of nitrogens with one attached hydrogen (secondary N) is 3. The molecule has 0 bridgehead atoms. The van der Waals surface area contributed by atoms with Gasteiger partial charge in [-0.15, -0.1) is 0 Å². The number of carbonyl (C=O) groups is 11. The van der Waals surface area contributed by atoms with Gasteiger partial charge in [-0.25, -0.2) is 82.3 Å². The molecular formula is C70H63F10N5O24. The van der Waals surface area contributed by atoms with E-state index in [-0.39, 0.29) is 78.7 Å². The molecule has 0 aliphatic rings. The van der Waals surface area contributed by atoms with Gasteiger partial charge in [0.05, 0.1) is 75.4 Å². The summed E-state index contributed by atoms with van der Waals surface area (Å²) in [5, 5.41) is 29.6. The van der Waals surface area contributed by atoms with E-state index in [2.05, 4.69) is 53.2 Å². The fourth-order valence-corrected chi connectivity index (χ4v) is 8.55. The Hall–Kier alpha value is -13.8. The van der Waals surface area contributed by atoms with Crippen molar-refractivity contribution in [2.75, 3.05) is 64.0 Å². The molecule has 3 aromatic heterocycles. The highest BCUT2D eigenvalue weighted by Gasteiger charge is 2.31. The summed E-state index contributed by atoms with van der Waals surface area (Å²) in [6.45, 7) is 2.25. The molecule has 3 heterocycles. The largest absolute Gasteiger partial charge is 0.505 e. The quantitative estimate of drug-likeness (QED) is 0.00752. The van der Waals surface area contributed by atoms with Gasteiger partial charge in [0.25, 0.3) is 0 Å². The van der Waals surface area contributed by atoms with Crippen molar-refractivity contribution in [1.82, 2.24) is 19.9 Å². The third-order valence-corrected chi connectivity index (χ3v) is 13.6. The molecular weight excluding hydrogens is 1480 g/mol. The number of aromatic nitrogens is 3. The predicted octanol–water partition coefficient (Wildman–Crippen LogP) is 9.83. The first-order chi connectivity index (χ1) is 51.4. The lowest BCUT2D eigenvalue weighted by atomic mass is 10.1. The van der Waals surface area contributed by atoms with Gasteiger partial charge in [-0.05, 0) is 48.5 Å². The van der Waals surface area contributed by atoms with Crippen LogP contribution in [0.5, 0.6) is 17.2 Å². The summed E-state index contributed by atoms with van der Waals surface area (Å²) >= 11 is 0. The molecule has 0 aliphatic heterocycles. The second-order valence-electron chi connectivity index (χ2n) is 20.5. The van der Waals surface area contributed by atoms with Crippen molar-refractivity contribution in [1.29, 1.82) is 0 Å². The smallest absolute Gasteiger partial charge is 0.348 e. The van der Waals surface area contributed by atoms with E-state index in [0.717, 1.165) is 133 Å². The Morgan fingerprint density at radius 1 is 0.468 bits per heavy atom. The SMILES string of the molecule is COC(=O)C(=CNC(C(=O)O)c1ccc(F)cc1F)C(=O)OC.COC(=O)c1c[nH]c(-c2ccc(F)cc2F)c1O.COC(=O)c1c[nH]c(-c2ccc(F)cc2F)c1OC.COC(=O)c1cn(C(C)=O)c(-c2ccc(F)cc2F)c1OC(C)=O.COC=C(C(=O)OC)C(=O)OC.NC(C(=O)O)c1ccc(F)cc1F. The highest BCUT2D eigenvalue weighted by Crippen LogP contribution is 2.39. The van der Waals surface area contributed by atoms with Crippen molar-refractivity contribution in [3.8, 4) is 51.0 Å². The zero-order chi connectivity index (χ0) is 82.4. The van der Waals surface area contributed by atoms with E-state index in [0.29, 0.717) is 24.3 Å². The summed E-state index contributed by atoms with van der Waals surface area (Å²) in [7, 11) is 10.5. The lowest BCUT2D eigenvalue weighted by Crippen LogP contribution is -2.28. The fraction of sp³-hybridized carbons (Fsp3) is 0.186. The molecule has 8 aromatic rings. The first kappa shape index (κ1) is 89.5. The maximum atomic E-state index is 14.2. The van der Waals surface area contributed by atoms with Crippen LogP contribution in [0.15, 0.2) is 133 Å². The monoisotopic (exact) mass is 1550 g/mol. The normalized spacial score (nSPS) is 10.6. The summed E-state index contributed by atoms with van der Waals surface area (Å²) < 4.78 is 178. The zero-order valence-corrected chi connectivity index (χ0v) is 58.4. The second-order valence-corrected chi connectivity index (χ2v) is 20.5. The number of rotatable bonds is 19. The van der Waals surface area contributed by atoms with Crippen LogP contribution < -0.4 is 20.5 Å². The molecule has 8 rings (SSSR count). The number of esters is 8. The van der Waals surface area contributed by atoms with Crippen molar-refractivity contribution < 1.29 is 159 Å². The van der Waals surface area contributed by atoms with Gasteiger partial charge in [0, 0.05) is 96.8 Å². The first-order valence-electron chi connectivity index (χ1n) is 29.7. The van der Waals surface area contributed by atoms with Crippen LogP contribution in [0, 0.1) is 58.2 Å². The van der Waals surface area contributed by atoms with E-state index >= 15 is 0 Å². The van der Waals surface area contributed by atoms with Crippen LogP contribution in [0.2, 0.25) is 0 Å². The standard InChI is InChI=1S/C16H13F2NO5.C14H13F2NO6.C13H11F2NO3.C12H9F2NO3.C8H7F2NO2.C7H10O5/c1-8(20)19-7-12(16(22)23-3)15(24-9(2)21)14(19)11-5-4-10(17)6-13(11)18;1-22-13(20)9(14(21)23-2)6-17-11(12(18)19)8-4-3-7(15)5-10(8)16;1-18-12-9(13(17)19-2)6-16-11(12)8-4-3-7(14)5-10(8)15;1-18-12(17)8-5-15-10(11(8)16)7-3-2-6(13)4-9(7)14;9-4-1-2-5(6(10)3-4)7(11)8(12)13;1-10-4-5(6(8)11-2)7(9)12-3/h4-7H,1-3H3;3-6,11,17H,1-2H3,(H,18,19);3-6,16H,1-2H3;2-5,15-16H,1H3;1-3,7H,11H2,(H,12,13);4H,1-3H3. The number of halogens is 10. The van der Waals surface area contributed by atoms with E-state index in [1.807, 2.05) is 0 Å². The van der Waals surface area contributed by atoms with E-state index < -0.39 is 147 Å². The van der Waals surface area contributed by atoms with E-state index in [9.17, 15) is 102 Å². The van der Waals surface area contributed by atoms with E-state index in [1.54, 1.807) is 0 Å². The number of aromatic hydroxyl groups is 1. The van der Waals surface area contributed by atoms with Crippen molar-refractivity contribution in [3.05, 3.63) is 219 Å². The van der Waals surface area contributed by atoms with E-state index in [1.165, 1.54) is 46.7 Å². The summed E-state index contributed by atoms with van der Waals surface area (Å²) in [5.41, 5.74) is 3.33. The van der Waals surface area contributed by atoms with Gasteiger partial charge >= 0.3 is 59.7 Å². The molecule has 0 fully saturated rings. The zero-order valence-electron chi connectivity index (χ0n) is 58.4. The van der Waals surface area contributed by atoms with Gasteiger partial charge in [-0.2, -0.15) is 0 Å². The lowest BCUT2D eigenvalue weighted by molar-refractivity contribution is -0.146. The molecule has 109 heavy (non-hydrogen) atoms. The van der Waals surface area contributed by atoms with Gasteiger partial charge in [0.2, 0.25) is 5.91 Å². The van der Waals surface area contributed by atoms with Gasteiger partial charge < -0.3 is 83.7 Å². The molecule has 2 unspecified atom stereocenters. The molecule has 0 saturated carbocycles. The number of aliphatic carboxylic acids is 2. The van der Waals surface area contributed by atoms with Gasteiger partial charge in [-0.3, -0.25) is 19.0 Å². The molecule has 8 N–H and O–H groups in total. The van der Waals surface area contributed by atoms with Crippen LogP contribution in [0.25, 0.3) is 33.8 Å². The molecule has 5 aromatic carbocycles. The molecule has 0 spiro atoms. The Morgan fingerprint density at radius 2 is 0.853 bits per heavy atom. The Balaban J connectivity index is 0.000000344. The molecule has 0 aliphatic carbocycles. The number of nitrogens with two attached hydrogens (primary N) is 1. The van der Waals surface area contributed by atoms with Gasteiger partial charge in [-0.1, -0.05) is 12.1 Å². The number of methoxy groups -OCH3 is 9. The van der Waals surface area contributed by atoms with Crippen molar-refractivity contribution >= 4 is 65.6 Å². The number of hydrogen-bond donors (Lipinski definition) is 7. The number of H-pyrrole nitrogens is 2. The average molecular weight is 1550 g/mol. The number of hydrogen-bond acceptors (Lipinski definition) is 24. The van der Waals surface area contributed by atoms with Crippen LogP contribution in [-0.4, -0.2) is 159 Å². The van der Waals surface area contributed by atoms with Gasteiger partial charge in [0.15, 0.2) is 34.4 Å². The van der Waals surface area contributed by atoms with Crippen molar-refractivity contribution in [2.45, 2.75) is 25.9 Å². The minimum absolute atomic E-state index is 0.00657. The van der Waals surface area contributed by atoms with Crippen LogP contribution >= 0.6 is 0 Å². The first-order valence-corrected chi connectivity index (χ1v) is 29.7. The summed E-state index contributed by atoms with van der Waals surface area (Å²) in [6.07, 6.45) is 5.32. The number of ether oxygens (including phenoxy) is 10. The molecule has 29 nitrogen and oxygen atoms in total. The Kier molecular flexibility index (Phi) is 34.7. The Bertz CT molecular complexity index is 4710. The number of aromatic amines is 2. The number of carboxylic acid groups (broad SMARTS) is 2. The predicted molar refractivity (Wildman–Crippen MR) is 354 cm³/mol. The summed E-state index contributed by atoms with van der Waals surface area (Å²) in [4.78, 5) is 129. The number of benzene rings is 5. The highest BCUT2D eigenvalue weighted by molar-refractivity contribution is 6.14.